The summed E-state index contributed by atoms with van der Waals surface area (Å²) in [7, 11) is -3.62. The summed E-state index contributed by atoms with van der Waals surface area (Å²) in [5, 5.41) is 2.95. The molecule has 0 fully saturated rings. The molecule has 182 valence electrons. The minimum Gasteiger partial charge on any atom is -0.486 e. The number of amides is 1. The third kappa shape index (κ3) is 5.87. The summed E-state index contributed by atoms with van der Waals surface area (Å²) in [6, 6.07) is 12.5. The Hall–Kier alpha value is -3.11. The number of hydrogen-bond acceptors (Lipinski definition) is 6. The number of aromatic nitrogens is 2. The number of nitrogens with zero attached hydrogens (tertiary/aromatic N) is 2. The number of carbonyl (C=O) groups excluding carboxylic acids is 1. The summed E-state index contributed by atoms with van der Waals surface area (Å²) >= 11 is 0. The Kier molecular flexibility index (Phi) is 7.69. The summed E-state index contributed by atoms with van der Waals surface area (Å²) in [6.07, 6.45) is 2.52. The molecule has 34 heavy (non-hydrogen) atoms. The van der Waals surface area contributed by atoms with E-state index in [0.717, 1.165) is 23.3 Å². The molecule has 0 aliphatic carbocycles. The van der Waals surface area contributed by atoms with Gasteiger partial charge in [-0.3, -0.25) is 4.79 Å². The number of para-hydroxylation sites is 2. The van der Waals surface area contributed by atoms with E-state index < -0.39 is 10.0 Å². The van der Waals surface area contributed by atoms with Gasteiger partial charge in [-0.15, -0.1) is 0 Å². The van der Waals surface area contributed by atoms with Crippen molar-refractivity contribution in [1.29, 1.82) is 0 Å². The molecule has 3 aromatic rings. The van der Waals surface area contributed by atoms with Crippen LogP contribution in [0.5, 0.6) is 11.5 Å². The van der Waals surface area contributed by atoms with Gasteiger partial charge in [-0.25, -0.2) is 18.1 Å². The van der Waals surface area contributed by atoms with E-state index in [1.54, 1.807) is 6.07 Å². The highest BCUT2D eigenvalue weighted by molar-refractivity contribution is 7.89. The lowest BCUT2D eigenvalue weighted by Gasteiger charge is -2.18. The zero-order chi connectivity index (χ0) is 24.0. The first kappa shape index (κ1) is 24.0. The Morgan fingerprint density at radius 2 is 1.82 bits per heavy atom. The summed E-state index contributed by atoms with van der Waals surface area (Å²) in [5.41, 5.74) is 2.02. The smallest absolute Gasteiger partial charge is 0.240 e. The molecule has 1 aromatic heterocycles. The van der Waals surface area contributed by atoms with Crippen molar-refractivity contribution in [3.8, 4) is 11.5 Å². The van der Waals surface area contributed by atoms with E-state index >= 15 is 0 Å². The topological polar surface area (TPSA) is 112 Å². The van der Waals surface area contributed by atoms with Crippen LogP contribution in [0.15, 0.2) is 47.4 Å². The number of sulfonamides is 1. The fourth-order valence-corrected chi connectivity index (χ4v) is 5.03. The second kappa shape index (κ2) is 10.9. The number of carbonyl (C=O) groups is 1. The number of hydrogen-bond donors (Lipinski definition) is 2. The predicted molar refractivity (Wildman–Crippen MR) is 129 cm³/mol. The molecular weight excluding hydrogens is 456 g/mol. The van der Waals surface area contributed by atoms with Gasteiger partial charge in [-0.1, -0.05) is 18.6 Å². The molecule has 2 heterocycles. The SMILES string of the molecule is Cc1nc2ccccc2n1CCNC(=O)CCCCCNS(=O)(=O)c1ccc2c(c1)OCCO2. The van der Waals surface area contributed by atoms with Crippen LogP contribution in [0.1, 0.15) is 31.5 Å². The van der Waals surface area contributed by atoms with Crippen LogP contribution in [-0.2, 0) is 21.4 Å². The third-order valence-electron chi connectivity index (χ3n) is 5.70. The largest absolute Gasteiger partial charge is 0.486 e. The summed E-state index contributed by atoms with van der Waals surface area (Å²) in [5.74, 6) is 1.92. The Labute approximate surface area is 199 Å². The van der Waals surface area contributed by atoms with E-state index in [1.165, 1.54) is 12.1 Å². The van der Waals surface area contributed by atoms with E-state index in [-0.39, 0.29) is 10.8 Å². The predicted octanol–water partition coefficient (Wildman–Crippen LogP) is 2.77. The number of fused-ring (bicyclic) bond motifs is 2. The summed E-state index contributed by atoms with van der Waals surface area (Å²) in [6.45, 7) is 4.33. The molecule has 0 saturated heterocycles. The van der Waals surface area contributed by atoms with Crippen molar-refractivity contribution < 1.29 is 22.7 Å². The first-order chi connectivity index (χ1) is 16.4. The van der Waals surface area contributed by atoms with Crippen molar-refractivity contribution in [3.63, 3.8) is 0 Å². The van der Waals surface area contributed by atoms with Crippen molar-refractivity contribution in [2.24, 2.45) is 0 Å². The second-order valence-electron chi connectivity index (χ2n) is 8.16. The Morgan fingerprint density at radius 3 is 2.68 bits per heavy atom. The number of benzene rings is 2. The van der Waals surface area contributed by atoms with Crippen molar-refractivity contribution >= 4 is 27.0 Å². The first-order valence-electron chi connectivity index (χ1n) is 11.5. The maximum atomic E-state index is 12.5. The van der Waals surface area contributed by atoms with Crippen LogP contribution < -0.4 is 19.5 Å². The summed E-state index contributed by atoms with van der Waals surface area (Å²) < 4.78 is 40.6. The standard InChI is InChI=1S/C24H30N4O5S/c1-18-27-20-7-4-5-8-21(20)28(18)14-13-25-24(29)9-3-2-6-12-26-34(30,31)19-10-11-22-23(17-19)33-16-15-32-22/h4-5,7-8,10-11,17,26H,2-3,6,9,12-16H2,1H3,(H,25,29). The van der Waals surface area contributed by atoms with E-state index in [0.29, 0.717) is 63.6 Å². The van der Waals surface area contributed by atoms with Gasteiger partial charge in [0, 0.05) is 32.1 Å². The van der Waals surface area contributed by atoms with Crippen LogP contribution >= 0.6 is 0 Å². The van der Waals surface area contributed by atoms with Gasteiger partial charge in [0.1, 0.15) is 19.0 Å². The molecule has 0 atom stereocenters. The maximum absolute atomic E-state index is 12.5. The van der Waals surface area contributed by atoms with Gasteiger partial charge in [0.25, 0.3) is 0 Å². The highest BCUT2D eigenvalue weighted by Crippen LogP contribution is 2.32. The fraction of sp³-hybridized carbons (Fsp3) is 0.417. The first-order valence-corrected chi connectivity index (χ1v) is 13.0. The quantitative estimate of drug-likeness (QED) is 0.403. The molecular formula is C24H30N4O5S. The molecule has 4 rings (SSSR count). The van der Waals surface area contributed by atoms with E-state index in [2.05, 4.69) is 19.6 Å². The molecule has 0 radical (unpaired) electrons. The van der Waals surface area contributed by atoms with Crippen molar-refractivity contribution in [2.75, 3.05) is 26.3 Å². The maximum Gasteiger partial charge on any atom is 0.240 e. The molecule has 2 N–H and O–H groups in total. The van der Waals surface area contributed by atoms with Gasteiger partial charge in [-0.2, -0.15) is 0 Å². The zero-order valence-corrected chi connectivity index (χ0v) is 20.1. The average Bonchev–Trinajstić information content (AvgIpc) is 3.16. The molecule has 0 spiro atoms. The highest BCUT2D eigenvalue weighted by Gasteiger charge is 2.19. The monoisotopic (exact) mass is 486 g/mol. The van der Waals surface area contributed by atoms with E-state index in [4.69, 9.17) is 9.47 Å². The molecule has 1 aliphatic rings. The molecule has 1 amide bonds. The molecule has 0 saturated carbocycles. The van der Waals surface area contributed by atoms with E-state index in [9.17, 15) is 13.2 Å². The highest BCUT2D eigenvalue weighted by atomic mass is 32.2. The second-order valence-corrected chi connectivity index (χ2v) is 9.93. The Morgan fingerprint density at radius 1 is 1.03 bits per heavy atom. The number of unbranched alkanes of at least 4 members (excludes halogenated alkanes) is 2. The third-order valence-corrected chi connectivity index (χ3v) is 7.16. The van der Waals surface area contributed by atoms with Gasteiger partial charge in [0.2, 0.25) is 15.9 Å². The van der Waals surface area contributed by atoms with Gasteiger partial charge in [0.05, 0.1) is 15.9 Å². The van der Waals surface area contributed by atoms with Gasteiger partial charge < -0.3 is 19.4 Å². The molecule has 9 nitrogen and oxygen atoms in total. The molecule has 10 heteroatoms. The number of imidazole rings is 1. The zero-order valence-electron chi connectivity index (χ0n) is 19.2. The van der Waals surface area contributed by atoms with Crippen LogP contribution in [0, 0.1) is 6.92 Å². The van der Waals surface area contributed by atoms with Crippen LogP contribution in [0.25, 0.3) is 11.0 Å². The van der Waals surface area contributed by atoms with Crippen LogP contribution in [-0.4, -0.2) is 50.2 Å². The fourth-order valence-electron chi connectivity index (χ4n) is 3.94. The lowest BCUT2D eigenvalue weighted by atomic mass is 10.2. The van der Waals surface area contributed by atoms with Gasteiger partial charge in [0.15, 0.2) is 11.5 Å². The molecule has 0 bridgehead atoms. The van der Waals surface area contributed by atoms with Crippen LogP contribution in [0.4, 0.5) is 0 Å². The minimum atomic E-state index is -3.62. The number of aryl methyl sites for hydroxylation is 1. The molecule has 1 aliphatic heterocycles. The lowest BCUT2D eigenvalue weighted by molar-refractivity contribution is -0.121. The average molecular weight is 487 g/mol. The van der Waals surface area contributed by atoms with Gasteiger partial charge >= 0.3 is 0 Å². The number of nitrogens with one attached hydrogen (secondary N) is 2. The van der Waals surface area contributed by atoms with Gasteiger partial charge in [-0.05, 0) is 44.0 Å². The Bertz CT molecular complexity index is 1260. The lowest BCUT2D eigenvalue weighted by Crippen LogP contribution is -2.27. The van der Waals surface area contributed by atoms with Crippen LogP contribution in [0.3, 0.4) is 0 Å². The van der Waals surface area contributed by atoms with Crippen molar-refractivity contribution in [3.05, 3.63) is 48.3 Å². The van der Waals surface area contributed by atoms with Crippen molar-refractivity contribution in [2.45, 2.75) is 44.0 Å². The van der Waals surface area contributed by atoms with Crippen LogP contribution in [0.2, 0.25) is 0 Å². The number of ether oxygens (including phenoxy) is 2. The minimum absolute atomic E-state index is 0.000988. The molecule has 0 unspecified atom stereocenters. The molecule has 2 aromatic carbocycles. The number of rotatable bonds is 11. The normalized spacial score (nSPS) is 13.2. The summed E-state index contributed by atoms with van der Waals surface area (Å²) in [4.78, 5) is 16.8. The van der Waals surface area contributed by atoms with E-state index in [1.807, 2.05) is 31.2 Å². The Balaban J connectivity index is 1.12. The van der Waals surface area contributed by atoms with Crippen molar-refractivity contribution in [1.82, 2.24) is 19.6 Å².